The number of H-pyrrole nitrogens is 4. The van der Waals surface area contributed by atoms with Gasteiger partial charge >= 0.3 is 0 Å². The zero-order valence-corrected chi connectivity index (χ0v) is 37.9. The molecule has 18 aliphatic rings. The molecule has 72 heavy (non-hydrogen) atoms. The molecule has 6 aromatic heterocycles. The predicted molar refractivity (Wildman–Crippen MR) is 286 cm³/mol. The largest absolute Gasteiger partial charge is 0.453 e. The molecule has 4 aromatic carbocycles. The highest BCUT2D eigenvalue weighted by Crippen LogP contribution is 2.39. The van der Waals surface area contributed by atoms with Crippen LogP contribution < -0.4 is 18.9 Å². The normalized spacial score (nSPS) is 13.2. The molecule has 4 N–H and O–H groups in total. The van der Waals surface area contributed by atoms with E-state index in [1.807, 2.05) is 194 Å². The summed E-state index contributed by atoms with van der Waals surface area (Å²) < 4.78 is 27.2. The van der Waals surface area contributed by atoms with E-state index in [0.29, 0.717) is 68.8 Å². The van der Waals surface area contributed by atoms with Gasteiger partial charge in [0.15, 0.2) is 23.0 Å². The van der Waals surface area contributed by atoms with Gasteiger partial charge in [-0.1, -0.05) is 24.3 Å². The molecule has 12 nitrogen and oxygen atoms in total. The van der Waals surface area contributed by atoms with Crippen molar-refractivity contribution >= 4 is 114 Å². The molecule has 0 saturated heterocycles. The third-order valence-electron chi connectivity index (χ3n) is 13.0. The van der Waals surface area contributed by atoms with Crippen molar-refractivity contribution in [2.24, 2.45) is 0 Å². The van der Waals surface area contributed by atoms with Crippen molar-refractivity contribution in [2.75, 3.05) is 0 Å². The van der Waals surface area contributed by atoms with Crippen molar-refractivity contribution in [3.63, 3.8) is 0 Å². The number of nitrogens with one attached hydrogen (secondary N) is 4. The van der Waals surface area contributed by atoms with Gasteiger partial charge in [0.05, 0.1) is 44.8 Å². The Hall–Kier alpha value is -10.2. The minimum absolute atomic E-state index is 0.580. The van der Waals surface area contributed by atoms with Crippen molar-refractivity contribution < 1.29 is 18.9 Å². The minimum Gasteiger partial charge on any atom is -0.453 e. The van der Waals surface area contributed by atoms with Crippen LogP contribution in [0.15, 0.2) is 146 Å². The maximum absolute atomic E-state index is 6.81. The SMILES string of the molecule is C1=Cc2nc1cc1ccc([nH]1)c1c3nc(cc4ccc([nH]4)c2Oc2ccc4cc(ccc4c2)Oc2c4nc(cc5ccc([nH]5)c(c5nc(cc6ccc2[nH]6)C=C5)Oc2ccc5cc(ccc5c2)O1)C=C4)C=C3. The summed E-state index contributed by atoms with van der Waals surface area (Å²) in [7, 11) is 0. The molecule has 0 unspecified atom stereocenters. The maximum atomic E-state index is 6.81. The molecule has 0 radical (unpaired) electrons. The lowest BCUT2D eigenvalue weighted by Crippen LogP contribution is -1.91. The second kappa shape index (κ2) is 15.7. The molecule has 0 aliphatic carbocycles. The summed E-state index contributed by atoms with van der Waals surface area (Å²) in [5.74, 6) is 4.92. The molecule has 0 spiro atoms. The Balaban J connectivity index is 0.955. The van der Waals surface area contributed by atoms with Crippen molar-refractivity contribution in [3.05, 3.63) is 191 Å². The molecule has 24 heterocycles. The first-order chi connectivity index (χ1) is 35.5. The first kappa shape index (κ1) is 39.8. The summed E-state index contributed by atoms with van der Waals surface area (Å²) in [6, 6.07) is 48.2. The fraction of sp³-hybridized carbons (Fsp3) is 0. The summed E-state index contributed by atoms with van der Waals surface area (Å²) in [6.07, 6.45) is 15.8. The van der Waals surface area contributed by atoms with Crippen LogP contribution in [0, 0.1) is 0 Å². The second-order valence-corrected chi connectivity index (χ2v) is 18.0. The molecule has 0 atom stereocenters. The Bertz CT molecular complexity index is 3920. The van der Waals surface area contributed by atoms with Crippen molar-refractivity contribution in [1.29, 1.82) is 0 Å². The number of aromatic amines is 4. The van der Waals surface area contributed by atoms with Crippen LogP contribution in [0.3, 0.4) is 0 Å². The van der Waals surface area contributed by atoms with Gasteiger partial charge in [-0.3, -0.25) is 0 Å². The summed E-state index contributed by atoms with van der Waals surface area (Å²) in [5.41, 5.74) is 12.2. The van der Waals surface area contributed by atoms with Crippen LogP contribution >= 0.6 is 0 Å². The van der Waals surface area contributed by atoms with Gasteiger partial charge < -0.3 is 38.9 Å². The van der Waals surface area contributed by atoms with Gasteiger partial charge in [0, 0.05) is 22.1 Å². The first-order valence-electron chi connectivity index (χ1n) is 23.5. The molecule has 18 aliphatic heterocycles. The average molecular weight is 933 g/mol. The predicted octanol–water partition coefficient (Wildman–Crippen LogP) is 15.4. The molecule has 0 fully saturated rings. The number of hydrogen-bond acceptors (Lipinski definition) is 8. The Morgan fingerprint density at radius 1 is 0.250 bits per heavy atom. The van der Waals surface area contributed by atoms with Crippen LogP contribution in [0.25, 0.3) is 114 Å². The Morgan fingerprint density at radius 3 is 0.750 bits per heavy atom. The standard InChI is InChI=1S/C60H36N8O4/c1-13-45-26-34-2-14-46(25-33(1)34)70-58-51-19-7-39(63-51)31-43-11-23-55(67-43)60(56-24-12-44(68-56)32-40-8-20-52(58)64-40)72-48-16-4-35-27-47(15-3-36(35)28-48)71-59-53-21-9-41(65-53)29-37-5-17-49(61-37)57(69-45)50-18-6-38(62-50)30-42-10-22-54(59)66-42/h1-32,61,63,66,68H. The van der Waals surface area contributed by atoms with Crippen LogP contribution in [-0.4, -0.2) is 39.9 Å². The fourth-order valence-corrected chi connectivity index (χ4v) is 9.60. The van der Waals surface area contributed by atoms with Gasteiger partial charge in [-0.15, -0.1) is 0 Å². The molecule has 10 aromatic rings. The number of nitrogens with zero attached hydrogens (tertiary/aromatic N) is 4. The van der Waals surface area contributed by atoms with Crippen LogP contribution in [0.5, 0.6) is 46.0 Å². The van der Waals surface area contributed by atoms with Gasteiger partial charge in [0.25, 0.3) is 0 Å². The highest BCUT2D eigenvalue weighted by Gasteiger charge is 2.18. The molecule has 28 rings (SSSR count). The fourth-order valence-electron chi connectivity index (χ4n) is 9.60. The quantitative estimate of drug-likeness (QED) is 0.117. The van der Waals surface area contributed by atoms with Gasteiger partial charge in [-0.2, -0.15) is 0 Å². The topological polar surface area (TPSA) is 152 Å². The van der Waals surface area contributed by atoms with E-state index in [9.17, 15) is 0 Å². The van der Waals surface area contributed by atoms with Crippen LogP contribution in [-0.2, 0) is 0 Å². The van der Waals surface area contributed by atoms with E-state index in [0.717, 1.165) is 88.5 Å². The maximum Gasteiger partial charge on any atom is 0.176 e. The second-order valence-electron chi connectivity index (χ2n) is 18.0. The molecular formula is C60H36N8O4. The van der Waals surface area contributed by atoms with E-state index < -0.39 is 0 Å². The summed E-state index contributed by atoms with van der Waals surface area (Å²) in [5, 5.41) is 3.87. The smallest absolute Gasteiger partial charge is 0.176 e. The molecule has 340 valence electrons. The van der Waals surface area contributed by atoms with E-state index >= 15 is 0 Å². The number of rotatable bonds is 0. The Labute approximate surface area is 408 Å². The zero-order valence-electron chi connectivity index (χ0n) is 37.9. The summed E-state index contributed by atoms with van der Waals surface area (Å²) in [6.45, 7) is 0. The first-order valence-corrected chi connectivity index (χ1v) is 23.5. The molecule has 12 heteroatoms. The highest BCUT2D eigenvalue weighted by atomic mass is 16.5. The van der Waals surface area contributed by atoms with E-state index in [1.165, 1.54) is 0 Å². The van der Waals surface area contributed by atoms with Gasteiger partial charge in [-0.25, -0.2) is 19.9 Å². The lowest BCUT2D eigenvalue weighted by molar-refractivity contribution is 0.483. The van der Waals surface area contributed by atoms with Crippen molar-refractivity contribution in [2.45, 2.75) is 0 Å². The molecule has 0 saturated carbocycles. The number of aromatic nitrogens is 8. The molecular weight excluding hydrogens is 897 g/mol. The summed E-state index contributed by atoms with van der Waals surface area (Å²) in [4.78, 5) is 34.5. The minimum atomic E-state index is 0.580. The van der Waals surface area contributed by atoms with Crippen LogP contribution in [0.2, 0.25) is 0 Å². The zero-order chi connectivity index (χ0) is 47.3. The van der Waals surface area contributed by atoms with Crippen LogP contribution in [0.4, 0.5) is 0 Å². The van der Waals surface area contributed by atoms with Crippen molar-refractivity contribution in [1.82, 2.24) is 39.9 Å². The molecule has 28 bridgehead atoms. The Morgan fingerprint density at radius 2 is 0.500 bits per heavy atom. The highest BCUT2D eigenvalue weighted by molar-refractivity contribution is 5.90. The van der Waals surface area contributed by atoms with Crippen LogP contribution in [0.1, 0.15) is 45.6 Å². The van der Waals surface area contributed by atoms with Crippen molar-refractivity contribution in [3.8, 4) is 46.0 Å². The third kappa shape index (κ3) is 7.17. The van der Waals surface area contributed by atoms with E-state index in [1.54, 1.807) is 0 Å². The molecule has 0 amide bonds. The van der Waals surface area contributed by atoms with Gasteiger partial charge in [0.2, 0.25) is 0 Å². The van der Waals surface area contributed by atoms with E-state index in [-0.39, 0.29) is 0 Å². The average Bonchev–Trinajstić information content (AvgIpc) is 4.25. The Kier molecular flexibility index (Phi) is 8.65. The third-order valence-corrected chi connectivity index (χ3v) is 13.0. The monoisotopic (exact) mass is 932 g/mol. The van der Waals surface area contributed by atoms with Gasteiger partial charge in [0.1, 0.15) is 45.8 Å². The number of ether oxygens (including phenoxy) is 4. The van der Waals surface area contributed by atoms with E-state index in [4.69, 9.17) is 38.9 Å². The lowest BCUT2D eigenvalue weighted by atomic mass is 10.1. The van der Waals surface area contributed by atoms with Gasteiger partial charge in [-0.05, 0) is 191 Å². The van der Waals surface area contributed by atoms with E-state index in [2.05, 4.69) is 19.9 Å². The summed E-state index contributed by atoms with van der Waals surface area (Å²) >= 11 is 0. The lowest BCUT2D eigenvalue weighted by Gasteiger charge is -2.11. The number of hydrogen-bond donors (Lipinski definition) is 4. The number of benzene rings is 4.